The van der Waals surface area contributed by atoms with Crippen LogP contribution in [0.15, 0.2) is 22.7 Å². The maximum Gasteiger partial charge on any atom is 0.0207 e. The Hall–Kier alpha value is -0.340. The van der Waals surface area contributed by atoms with Gasteiger partial charge in [-0.25, -0.2) is 0 Å². The van der Waals surface area contributed by atoms with Crippen LogP contribution in [0.25, 0.3) is 0 Å². The van der Waals surface area contributed by atoms with Gasteiger partial charge in [-0.3, -0.25) is 0 Å². The second-order valence-corrected chi connectivity index (χ2v) is 6.00. The van der Waals surface area contributed by atoms with Gasteiger partial charge >= 0.3 is 0 Å². The van der Waals surface area contributed by atoms with Crippen LogP contribution in [0.1, 0.15) is 44.2 Å². The molecule has 0 fully saturated rings. The number of aryl methyl sites for hydroxylation is 1. The molecule has 0 unspecified atom stereocenters. The standard InChI is InChI=1S/C15H24BrN/c1-12(2)6-4-5-9-17-11-14-8-7-13(3)15(16)10-14/h7-8,10,12,17H,4-6,9,11H2,1-3H3. The first kappa shape index (κ1) is 14.7. The highest BCUT2D eigenvalue weighted by Crippen LogP contribution is 2.17. The first-order valence-electron chi connectivity index (χ1n) is 6.55. The summed E-state index contributed by atoms with van der Waals surface area (Å²) in [5.41, 5.74) is 2.65. The van der Waals surface area contributed by atoms with E-state index in [4.69, 9.17) is 0 Å². The number of unbranched alkanes of at least 4 members (excludes halogenated alkanes) is 1. The van der Waals surface area contributed by atoms with Gasteiger partial charge in [0.1, 0.15) is 0 Å². The lowest BCUT2D eigenvalue weighted by Gasteiger charge is -2.07. The number of benzene rings is 1. The topological polar surface area (TPSA) is 12.0 Å². The van der Waals surface area contributed by atoms with Crippen molar-refractivity contribution in [2.75, 3.05) is 6.54 Å². The summed E-state index contributed by atoms with van der Waals surface area (Å²) in [7, 11) is 0. The summed E-state index contributed by atoms with van der Waals surface area (Å²) < 4.78 is 1.21. The molecule has 1 N–H and O–H groups in total. The van der Waals surface area contributed by atoms with Crippen LogP contribution in [0, 0.1) is 12.8 Å². The maximum atomic E-state index is 3.57. The van der Waals surface area contributed by atoms with Crippen molar-refractivity contribution in [2.45, 2.75) is 46.6 Å². The van der Waals surface area contributed by atoms with Crippen molar-refractivity contribution in [1.82, 2.24) is 5.32 Å². The molecule has 0 amide bonds. The van der Waals surface area contributed by atoms with Crippen LogP contribution in [0.5, 0.6) is 0 Å². The van der Waals surface area contributed by atoms with Crippen molar-refractivity contribution in [3.8, 4) is 0 Å². The molecule has 1 nitrogen and oxygen atoms in total. The molecule has 0 bridgehead atoms. The Kier molecular flexibility index (Phi) is 6.83. The maximum absolute atomic E-state index is 3.57. The SMILES string of the molecule is Cc1ccc(CNCCCCC(C)C)cc1Br. The molecule has 0 aliphatic heterocycles. The van der Waals surface area contributed by atoms with Crippen molar-refractivity contribution >= 4 is 15.9 Å². The first-order chi connectivity index (χ1) is 8.09. The Morgan fingerprint density at radius 1 is 1.24 bits per heavy atom. The van der Waals surface area contributed by atoms with Gasteiger partial charge < -0.3 is 5.32 Å². The molecule has 0 saturated carbocycles. The number of nitrogens with one attached hydrogen (secondary N) is 1. The summed E-state index contributed by atoms with van der Waals surface area (Å²) in [5, 5.41) is 3.50. The van der Waals surface area contributed by atoms with Gasteiger partial charge in [-0.15, -0.1) is 0 Å². The second kappa shape index (κ2) is 7.88. The normalized spacial score (nSPS) is 11.1. The van der Waals surface area contributed by atoms with Gasteiger partial charge in [0, 0.05) is 11.0 Å². The van der Waals surface area contributed by atoms with E-state index in [9.17, 15) is 0 Å². The average Bonchev–Trinajstić information content (AvgIpc) is 2.27. The summed E-state index contributed by atoms with van der Waals surface area (Å²) in [5.74, 6) is 0.836. The van der Waals surface area contributed by atoms with E-state index in [-0.39, 0.29) is 0 Å². The minimum Gasteiger partial charge on any atom is -0.313 e. The number of rotatable bonds is 7. The quantitative estimate of drug-likeness (QED) is 0.721. The van der Waals surface area contributed by atoms with Crippen LogP contribution in [-0.2, 0) is 6.54 Å². The fraction of sp³-hybridized carbons (Fsp3) is 0.600. The van der Waals surface area contributed by atoms with Gasteiger partial charge in [0.15, 0.2) is 0 Å². The molecule has 17 heavy (non-hydrogen) atoms. The number of hydrogen-bond donors (Lipinski definition) is 1. The molecule has 1 aromatic carbocycles. The summed E-state index contributed by atoms with van der Waals surface area (Å²) >= 11 is 3.57. The highest BCUT2D eigenvalue weighted by molar-refractivity contribution is 9.10. The zero-order chi connectivity index (χ0) is 12.7. The summed E-state index contributed by atoms with van der Waals surface area (Å²) in [6.45, 7) is 8.79. The van der Waals surface area contributed by atoms with E-state index in [1.165, 1.54) is 34.9 Å². The molecule has 0 aliphatic rings. The number of halogens is 1. The fourth-order valence-electron chi connectivity index (χ4n) is 1.78. The molecule has 0 spiro atoms. The van der Waals surface area contributed by atoms with E-state index in [1.54, 1.807) is 0 Å². The van der Waals surface area contributed by atoms with Crippen LogP contribution in [-0.4, -0.2) is 6.54 Å². The van der Waals surface area contributed by atoms with Gasteiger partial charge in [0.25, 0.3) is 0 Å². The highest BCUT2D eigenvalue weighted by atomic mass is 79.9. The van der Waals surface area contributed by atoms with Crippen molar-refractivity contribution in [1.29, 1.82) is 0 Å². The Labute approximate surface area is 114 Å². The van der Waals surface area contributed by atoms with Crippen molar-refractivity contribution in [3.63, 3.8) is 0 Å². The Morgan fingerprint density at radius 2 is 2.00 bits per heavy atom. The van der Waals surface area contributed by atoms with Crippen molar-refractivity contribution < 1.29 is 0 Å². The van der Waals surface area contributed by atoms with Gasteiger partial charge in [-0.05, 0) is 43.0 Å². The average molecular weight is 298 g/mol. The van der Waals surface area contributed by atoms with E-state index < -0.39 is 0 Å². The zero-order valence-electron chi connectivity index (χ0n) is 11.2. The lowest BCUT2D eigenvalue weighted by molar-refractivity contribution is 0.520. The van der Waals surface area contributed by atoms with Crippen molar-refractivity contribution in [3.05, 3.63) is 33.8 Å². The van der Waals surface area contributed by atoms with E-state index in [0.717, 1.165) is 19.0 Å². The molecule has 0 radical (unpaired) electrons. The second-order valence-electron chi connectivity index (χ2n) is 5.15. The van der Waals surface area contributed by atoms with Crippen LogP contribution < -0.4 is 5.32 Å². The number of hydrogen-bond acceptors (Lipinski definition) is 1. The van der Waals surface area contributed by atoms with Crippen LogP contribution in [0.4, 0.5) is 0 Å². The molecule has 1 rings (SSSR count). The van der Waals surface area contributed by atoms with Crippen LogP contribution in [0.3, 0.4) is 0 Å². The molecular weight excluding hydrogens is 274 g/mol. The van der Waals surface area contributed by atoms with Gasteiger partial charge in [0.05, 0.1) is 0 Å². The lowest BCUT2D eigenvalue weighted by Crippen LogP contribution is -2.14. The fourth-order valence-corrected chi connectivity index (χ4v) is 2.21. The van der Waals surface area contributed by atoms with Gasteiger partial charge in [0.2, 0.25) is 0 Å². The van der Waals surface area contributed by atoms with Crippen LogP contribution in [0.2, 0.25) is 0 Å². The van der Waals surface area contributed by atoms with E-state index in [1.807, 2.05) is 0 Å². The third-order valence-electron chi connectivity index (χ3n) is 2.95. The molecule has 1 aromatic rings. The Morgan fingerprint density at radius 3 is 2.65 bits per heavy atom. The molecule has 96 valence electrons. The van der Waals surface area contributed by atoms with Gasteiger partial charge in [-0.1, -0.05) is 54.8 Å². The zero-order valence-corrected chi connectivity index (χ0v) is 12.8. The molecule has 0 aromatic heterocycles. The smallest absolute Gasteiger partial charge is 0.0207 e. The molecular formula is C15H24BrN. The Balaban J connectivity index is 2.16. The molecule has 2 heteroatoms. The van der Waals surface area contributed by atoms with E-state index in [0.29, 0.717) is 0 Å². The monoisotopic (exact) mass is 297 g/mol. The third-order valence-corrected chi connectivity index (χ3v) is 3.80. The predicted octanol–water partition coefficient (Wildman–Crippen LogP) is 4.67. The molecule has 0 aliphatic carbocycles. The molecule has 0 atom stereocenters. The largest absolute Gasteiger partial charge is 0.313 e. The van der Waals surface area contributed by atoms with Gasteiger partial charge in [-0.2, -0.15) is 0 Å². The summed E-state index contributed by atoms with van der Waals surface area (Å²) in [4.78, 5) is 0. The van der Waals surface area contributed by atoms with E-state index in [2.05, 4.69) is 60.2 Å². The molecule has 0 heterocycles. The third kappa shape index (κ3) is 6.23. The van der Waals surface area contributed by atoms with Crippen LogP contribution >= 0.6 is 15.9 Å². The van der Waals surface area contributed by atoms with Crippen molar-refractivity contribution in [2.24, 2.45) is 5.92 Å². The minimum absolute atomic E-state index is 0.836. The first-order valence-corrected chi connectivity index (χ1v) is 7.34. The lowest BCUT2D eigenvalue weighted by atomic mass is 10.1. The summed E-state index contributed by atoms with van der Waals surface area (Å²) in [6, 6.07) is 6.57. The predicted molar refractivity (Wildman–Crippen MR) is 79.3 cm³/mol. The highest BCUT2D eigenvalue weighted by Gasteiger charge is 1.98. The Bertz CT molecular complexity index is 334. The van der Waals surface area contributed by atoms with E-state index >= 15 is 0 Å². The minimum atomic E-state index is 0.836. The summed E-state index contributed by atoms with van der Waals surface area (Å²) in [6.07, 6.45) is 3.96. The molecule has 0 saturated heterocycles.